The molecule has 0 saturated heterocycles. The lowest BCUT2D eigenvalue weighted by atomic mass is 9.69. The fourth-order valence-corrected chi connectivity index (χ4v) is 4.18. The van der Waals surface area contributed by atoms with E-state index >= 15 is 0 Å². The Morgan fingerprint density at radius 3 is 2.00 bits per heavy atom. The molecule has 0 aliphatic heterocycles. The lowest BCUT2D eigenvalue weighted by Gasteiger charge is -2.32. The van der Waals surface area contributed by atoms with E-state index in [0.717, 1.165) is 49.4 Å². The molecule has 0 bridgehead atoms. The Hall–Kier alpha value is -2.62. The topological polar surface area (TPSA) is 64.0 Å². The van der Waals surface area contributed by atoms with Gasteiger partial charge in [-0.25, -0.2) is 0 Å². The summed E-state index contributed by atoms with van der Waals surface area (Å²) >= 11 is 0. The zero-order chi connectivity index (χ0) is 24.4. The highest BCUT2D eigenvalue weighted by atomic mass is 35.5. The predicted octanol–water partition coefficient (Wildman–Crippen LogP) is 5.51. The van der Waals surface area contributed by atoms with Crippen LogP contribution < -0.4 is 18.9 Å². The molecule has 0 aliphatic rings. The first kappa shape index (κ1) is 29.4. The predicted molar refractivity (Wildman–Crippen MR) is 139 cm³/mol. The molecular weight excluding hydrogens is 452 g/mol. The van der Waals surface area contributed by atoms with E-state index in [1.165, 1.54) is 5.56 Å². The largest absolute Gasteiger partial charge is 0.497 e. The third-order valence-corrected chi connectivity index (χ3v) is 6.39. The molecule has 0 radical (unpaired) electrons. The Morgan fingerprint density at radius 2 is 1.50 bits per heavy atom. The van der Waals surface area contributed by atoms with Crippen LogP contribution in [0.3, 0.4) is 0 Å². The summed E-state index contributed by atoms with van der Waals surface area (Å²) in [6, 6.07) is 14.5. The summed E-state index contributed by atoms with van der Waals surface area (Å²) in [6.45, 7) is 6.04. The van der Waals surface area contributed by atoms with Gasteiger partial charge in [-0.1, -0.05) is 19.9 Å². The molecule has 6 nitrogen and oxygen atoms in total. The van der Waals surface area contributed by atoms with Crippen molar-refractivity contribution in [1.82, 2.24) is 4.90 Å². The first-order valence-corrected chi connectivity index (χ1v) is 11.4. The summed E-state index contributed by atoms with van der Waals surface area (Å²) in [4.78, 5) is 2.31. The van der Waals surface area contributed by atoms with E-state index in [1.807, 2.05) is 30.3 Å². The lowest BCUT2D eigenvalue weighted by Crippen LogP contribution is -2.32. The van der Waals surface area contributed by atoms with Crippen molar-refractivity contribution in [2.24, 2.45) is 5.92 Å². The van der Waals surface area contributed by atoms with Crippen molar-refractivity contribution in [3.05, 3.63) is 47.5 Å². The van der Waals surface area contributed by atoms with Crippen molar-refractivity contribution in [2.75, 3.05) is 48.6 Å². The van der Waals surface area contributed by atoms with Crippen LogP contribution in [0.1, 0.15) is 37.8 Å². The van der Waals surface area contributed by atoms with Crippen molar-refractivity contribution < 1.29 is 18.9 Å². The molecule has 0 aliphatic carbocycles. The minimum atomic E-state index is -0.605. The Bertz CT molecular complexity index is 922. The SMILES string of the molecule is COc1cc(OC)cc(C(C#N)(CCCN(C)CCc2ccc(OC)c(OC)c2)C(C)C)c1.Cl. The first-order chi connectivity index (χ1) is 15.8. The van der Waals surface area contributed by atoms with E-state index in [0.29, 0.717) is 11.5 Å². The van der Waals surface area contributed by atoms with E-state index in [4.69, 9.17) is 18.9 Å². The molecule has 2 aromatic carbocycles. The lowest BCUT2D eigenvalue weighted by molar-refractivity contribution is 0.292. The standard InChI is InChI=1S/C27H38N2O4.ClH/c1-20(2)27(19-28,22-16-23(30-4)18-24(17-22)31-5)12-8-13-29(3)14-11-21-9-10-25(32-6)26(15-21)33-7;/h9-10,15-18,20H,8,11-14H2,1-7H3;1H. The van der Waals surface area contributed by atoms with Crippen LogP contribution in [0.4, 0.5) is 0 Å². The molecule has 7 heteroatoms. The van der Waals surface area contributed by atoms with Crippen LogP contribution in [0.15, 0.2) is 36.4 Å². The van der Waals surface area contributed by atoms with E-state index in [-0.39, 0.29) is 18.3 Å². The second-order valence-electron chi connectivity index (χ2n) is 8.69. The molecule has 0 saturated carbocycles. The van der Waals surface area contributed by atoms with Crippen molar-refractivity contribution in [3.8, 4) is 29.1 Å². The molecule has 0 fully saturated rings. The first-order valence-electron chi connectivity index (χ1n) is 11.4. The maximum absolute atomic E-state index is 10.3. The fraction of sp³-hybridized carbons (Fsp3) is 0.519. The molecular formula is C27H39ClN2O4. The summed E-state index contributed by atoms with van der Waals surface area (Å²) in [5, 5.41) is 10.3. The fourth-order valence-electron chi connectivity index (χ4n) is 4.18. The van der Waals surface area contributed by atoms with Gasteiger partial charge in [0.05, 0.1) is 39.9 Å². The molecule has 1 unspecified atom stereocenters. The summed E-state index contributed by atoms with van der Waals surface area (Å²) in [6.07, 6.45) is 2.59. The highest BCUT2D eigenvalue weighted by molar-refractivity contribution is 5.85. The number of hydrogen-bond donors (Lipinski definition) is 0. The molecule has 0 N–H and O–H groups in total. The van der Waals surface area contributed by atoms with Gasteiger partial charge in [-0.05, 0) is 74.2 Å². The molecule has 2 aromatic rings. The van der Waals surface area contributed by atoms with Crippen LogP contribution in [-0.2, 0) is 11.8 Å². The van der Waals surface area contributed by atoms with Gasteiger partial charge >= 0.3 is 0 Å². The van der Waals surface area contributed by atoms with Gasteiger partial charge in [0.25, 0.3) is 0 Å². The number of nitrogens with zero attached hydrogens (tertiary/aromatic N) is 2. The highest BCUT2D eigenvalue weighted by Crippen LogP contribution is 2.40. The molecule has 1 atom stereocenters. The number of rotatable bonds is 13. The van der Waals surface area contributed by atoms with E-state index in [9.17, 15) is 5.26 Å². The molecule has 0 amide bonds. The van der Waals surface area contributed by atoms with E-state index in [1.54, 1.807) is 28.4 Å². The Balaban J connectivity index is 0.00000578. The number of halogens is 1. The van der Waals surface area contributed by atoms with Crippen LogP contribution in [0.25, 0.3) is 0 Å². The van der Waals surface area contributed by atoms with Gasteiger partial charge in [0.15, 0.2) is 11.5 Å². The number of methoxy groups -OCH3 is 4. The summed E-state index contributed by atoms with van der Waals surface area (Å²) in [7, 11) is 8.69. The van der Waals surface area contributed by atoms with Gasteiger partial charge in [0.2, 0.25) is 0 Å². The van der Waals surface area contributed by atoms with Gasteiger partial charge < -0.3 is 23.8 Å². The van der Waals surface area contributed by atoms with Gasteiger partial charge in [-0.2, -0.15) is 5.26 Å². The Kier molecular flexibility index (Phi) is 12.1. The molecule has 188 valence electrons. The van der Waals surface area contributed by atoms with Crippen molar-refractivity contribution in [1.29, 1.82) is 5.26 Å². The number of likely N-dealkylation sites (N-methyl/N-ethyl adjacent to an activating group) is 1. The Morgan fingerprint density at radius 1 is 0.882 bits per heavy atom. The molecule has 0 aromatic heterocycles. The highest BCUT2D eigenvalue weighted by Gasteiger charge is 2.36. The van der Waals surface area contributed by atoms with E-state index in [2.05, 4.69) is 37.9 Å². The number of ether oxygens (including phenoxy) is 4. The average molecular weight is 491 g/mol. The second kappa shape index (κ2) is 13.9. The van der Waals surface area contributed by atoms with Crippen molar-refractivity contribution in [3.63, 3.8) is 0 Å². The maximum Gasteiger partial charge on any atom is 0.160 e. The second-order valence-corrected chi connectivity index (χ2v) is 8.69. The van der Waals surface area contributed by atoms with Gasteiger partial charge in [-0.3, -0.25) is 0 Å². The van der Waals surface area contributed by atoms with Crippen LogP contribution in [0.5, 0.6) is 23.0 Å². The minimum absolute atomic E-state index is 0. The summed E-state index contributed by atoms with van der Waals surface area (Å²) in [5.74, 6) is 3.05. The quantitative estimate of drug-likeness (QED) is 0.368. The average Bonchev–Trinajstić information content (AvgIpc) is 2.84. The normalized spacial score (nSPS) is 12.5. The van der Waals surface area contributed by atoms with Crippen LogP contribution >= 0.6 is 12.4 Å². The van der Waals surface area contributed by atoms with Gasteiger partial charge in [-0.15, -0.1) is 12.4 Å². The third-order valence-electron chi connectivity index (χ3n) is 6.39. The molecule has 0 spiro atoms. The Labute approximate surface area is 211 Å². The van der Waals surface area contributed by atoms with Gasteiger partial charge in [0, 0.05) is 12.6 Å². The van der Waals surface area contributed by atoms with Gasteiger partial charge in [0.1, 0.15) is 11.5 Å². The third kappa shape index (κ3) is 7.19. The maximum atomic E-state index is 10.3. The summed E-state index contributed by atoms with van der Waals surface area (Å²) < 4.78 is 21.6. The molecule has 2 rings (SSSR count). The van der Waals surface area contributed by atoms with Crippen LogP contribution in [0.2, 0.25) is 0 Å². The molecule has 34 heavy (non-hydrogen) atoms. The monoisotopic (exact) mass is 490 g/mol. The zero-order valence-corrected chi connectivity index (χ0v) is 22.3. The number of nitriles is 1. The van der Waals surface area contributed by atoms with E-state index < -0.39 is 5.41 Å². The minimum Gasteiger partial charge on any atom is -0.497 e. The van der Waals surface area contributed by atoms with Crippen molar-refractivity contribution in [2.45, 2.75) is 38.5 Å². The number of hydrogen-bond acceptors (Lipinski definition) is 6. The smallest absolute Gasteiger partial charge is 0.160 e. The van der Waals surface area contributed by atoms with Crippen LogP contribution in [0, 0.1) is 17.2 Å². The molecule has 0 heterocycles. The van der Waals surface area contributed by atoms with Crippen molar-refractivity contribution >= 4 is 12.4 Å². The number of benzene rings is 2. The summed E-state index contributed by atoms with van der Waals surface area (Å²) in [5.41, 5.74) is 1.55. The zero-order valence-electron chi connectivity index (χ0n) is 21.5. The van der Waals surface area contributed by atoms with Crippen LogP contribution in [-0.4, -0.2) is 53.5 Å².